The molecule has 0 aromatic heterocycles. The lowest BCUT2D eigenvalue weighted by atomic mass is 9.85. The average molecular weight is 367 g/mol. The van der Waals surface area contributed by atoms with Gasteiger partial charge in [0.15, 0.2) is 0 Å². The van der Waals surface area contributed by atoms with Gasteiger partial charge in [0.2, 0.25) is 0 Å². The predicted octanol–water partition coefficient (Wildman–Crippen LogP) is 4.19. The molecule has 0 aliphatic carbocycles. The summed E-state index contributed by atoms with van der Waals surface area (Å²) in [7, 11) is 0. The van der Waals surface area contributed by atoms with Crippen LogP contribution >= 0.6 is 15.9 Å². The van der Waals surface area contributed by atoms with Crippen LogP contribution in [0.1, 0.15) is 15.9 Å². The molecule has 0 bridgehead atoms. The van der Waals surface area contributed by atoms with Crippen LogP contribution in [0.2, 0.25) is 0 Å². The summed E-state index contributed by atoms with van der Waals surface area (Å²) in [6.07, 6.45) is 3.95. The number of dihydropyridines is 1. The molecule has 2 aromatic carbocycles. The van der Waals surface area contributed by atoms with E-state index >= 15 is 0 Å². The van der Waals surface area contributed by atoms with Gasteiger partial charge in [-0.05, 0) is 45.8 Å². The number of hydrogen-bond donors (Lipinski definition) is 0. The zero-order chi connectivity index (χ0) is 15.8. The van der Waals surface area contributed by atoms with Crippen LogP contribution in [0, 0.1) is 5.92 Å². The third kappa shape index (κ3) is 2.43. The van der Waals surface area contributed by atoms with Gasteiger partial charge in [-0.15, -0.1) is 0 Å². The number of benzene rings is 2. The Kier molecular flexibility index (Phi) is 3.62. The Labute approximate surface area is 143 Å². The van der Waals surface area contributed by atoms with E-state index in [2.05, 4.69) is 33.1 Å². The molecule has 2 aromatic rings. The van der Waals surface area contributed by atoms with Crippen molar-refractivity contribution in [1.29, 1.82) is 0 Å². The van der Waals surface area contributed by atoms with Gasteiger partial charge in [0.1, 0.15) is 0 Å². The zero-order valence-electron chi connectivity index (χ0n) is 12.4. The SMILES string of the molecule is O=C(c1ccccc1Br)N1CC2CN=CC=C2c2ccccc21. The summed E-state index contributed by atoms with van der Waals surface area (Å²) in [5.41, 5.74) is 4.09. The normalized spacial score (nSPS) is 18.9. The van der Waals surface area contributed by atoms with E-state index in [1.165, 1.54) is 5.57 Å². The maximum absolute atomic E-state index is 13.1. The van der Waals surface area contributed by atoms with E-state index in [-0.39, 0.29) is 11.8 Å². The van der Waals surface area contributed by atoms with Gasteiger partial charge in [0.05, 0.1) is 11.3 Å². The van der Waals surface area contributed by atoms with Gasteiger partial charge in [-0.2, -0.15) is 0 Å². The summed E-state index contributed by atoms with van der Waals surface area (Å²) in [4.78, 5) is 19.4. The number of carbonyl (C=O) groups is 1. The van der Waals surface area contributed by atoms with E-state index in [9.17, 15) is 4.79 Å². The molecule has 0 spiro atoms. The molecular formula is C19H15BrN2O. The average Bonchev–Trinajstić information content (AvgIpc) is 2.61. The Morgan fingerprint density at radius 3 is 2.78 bits per heavy atom. The van der Waals surface area contributed by atoms with Crippen molar-refractivity contribution < 1.29 is 4.79 Å². The molecule has 0 radical (unpaired) electrons. The van der Waals surface area contributed by atoms with Crippen molar-refractivity contribution in [2.75, 3.05) is 18.0 Å². The number of nitrogens with zero attached hydrogens (tertiary/aromatic N) is 2. The van der Waals surface area contributed by atoms with Crippen molar-refractivity contribution in [2.24, 2.45) is 10.9 Å². The molecule has 1 atom stereocenters. The molecule has 23 heavy (non-hydrogen) atoms. The van der Waals surface area contributed by atoms with Crippen molar-refractivity contribution in [1.82, 2.24) is 0 Å². The molecule has 4 heteroatoms. The van der Waals surface area contributed by atoms with Gasteiger partial charge in [0, 0.05) is 35.3 Å². The summed E-state index contributed by atoms with van der Waals surface area (Å²) in [5, 5.41) is 0. The highest BCUT2D eigenvalue weighted by Crippen LogP contribution is 2.39. The molecule has 4 rings (SSSR count). The zero-order valence-corrected chi connectivity index (χ0v) is 14.0. The molecule has 0 saturated heterocycles. The molecule has 114 valence electrons. The minimum Gasteiger partial charge on any atom is -0.307 e. The van der Waals surface area contributed by atoms with Gasteiger partial charge in [-0.3, -0.25) is 9.79 Å². The molecule has 0 saturated carbocycles. The summed E-state index contributed by atoms with van der Waals surface area (Å²) >= 11 is 3.49. The molecule has 2 aliphatic heterocycles. The summed E-state index contributed by atoms with van der Waals surface area (Å²) in [6, 6.07) is 15.7. The van der Waals surface area contributed by atoms with Gasteiger partial charge < -0.3 is 4.90 Å². The van der Waals surface area contributed by atoms with Crippen LogP contribution in [0.5, 0.6) is 0 Å². The lowest BCUT2D eigenvalue weighted by Gasteiger charge is -2.37. The fourth-order valence-corrected chi connectivity index (χ4v) is 3.72. The number of carbonyl (C=O) groups excluding carboxylic acids is 1. The van der Waals surface area contributed by atoms with E-state index in [4.69, 9.17) is 0 Å². The molecule has 1 amide bonds. The van der Waals surface area contributed by atoms with Crippen molar-refractivity contribution in [3.8, 4) is 0 Å². The molecule has 3 nitrogen and oxygen atoms in total. The minimum atomic E-state index is 0.0264. The first-order chi connectivity index (χ1) is 11.3. The largest absolute Gasteiger partial charge is 0.307 e. The molecule has 2 aliphatic rings. The maximum Gasteiger partial charge on any atom is 0.259 e. The third-order valence-corrected chi connectivity index (χ3v) is 5.07. The molecule has 1 unspecified atom stereocenters. The van der Waals surface area contributed by atoms with E-state index in [1.54, 1.807) is 0 Å². The fourth-order valence-electron chi connectivity index (χ4n) is 3.27. The first-order valence-electron chi connectivity index (χ1n) is 7.61. The highest BCUT2D eigenvalue weighted by atomic mass is 79.9. The fraction of sp³-hybridized carbons (Fsp3) is 0.158. The van der Waals surface area contributed by atoms with Crippen LogP contribution in [0.25, 0.3) is 5.57 Å². The van der Waals surface area contributed by atoms with Crippen molar-refractivity contribution >= 4 is 39.3 Å². The second kappa shape index (κ2) is 5.78. The van der Waals surface area contributed by atoms with E-state index < -0.39 is 0 Å². The number of allylic oxidation sites excluding steroid dienone is 1. The summed E-state index contributed by atoms with van der Waals surface area (Å²) < 4.78 is 0.825. The van der Waals surface area contributed by atoms with E-state index in [0.29, 0.717) is 12.1 Å². The van der Waals surface area contributed by atoms with E-state index in [0.717, 1.165) is 22.3 Å². The predicted molar refractivity (Wildman–Crippen MR) is 97.1 cm³/mol. The number of para-hydroxylation sites is 1. The second-order valence-electron chi connectivity index (χ2n) is 5.75. The van der Waals surface area contributed by atoms with Crippen LogP contribution < -0.4 is 4.90 Å². The lowest BCUT2D eigenvalue weighted by molar-refractivity contribution is 0.0983. The Morgan fingerprint density at radius 2 is 1.91 bits per heavy atom. The number of fused-ring (bicyclic) bond motifs is 3. The number of halogens is 1. The summed E-state index contributed by atoms with van der Waals surface area (Å²) in [6.45, 7) is 1.40. The smallest absolute Gasteiger partial charge is 0.259 e. The van der Waals surface area contributed by atoms with Gasteiger partial charge in [-0.25, -0.2) is 0 Å². The molecule has 0 N–H and O–H groups in total. The Balaban J connectivity index is 1.81. The van der Waals surface area contributed by atoms with Crippen LogP contribution in [0.15, 0.2) is 64.1 Å². The van der Waals surface area contributed by atoms with Crippen molar-refractivity contribution in [3.63, 3.8) is 0 Å². The maximum atomic E-state index is 13.1. The highest BCUT2D eigenvalue weighted by Gasteiger charge is 2.33. The van der Waals surface area contributed by atoms with Gasteiger partial charge >= 0.3 is 0 Å². The number of hydrogen-bond acceptors (Lipinski definition) is 2. The molecular weight excluding hydrogens is 352 g/mol. The third-order valence-electron chi connectivity index (χ3n) is 4.38. The Morgan fingerprint density at radius 1 is 1.13 bits per heavy atom. The monoisotopic (exact) mass is 366 g/mol. The summed E-state index contributed by atoms with van der Waals surface area (Å²) in [5.74, 6) is 0.292. The Bertz CT molecular complexity index is 841. The number of aliphatic imine (C=N–C) groups is 1. The molecule has 0 fully saturated rings. The van der Waals surface area contributed by atoms with Crippen LogP contribution in [0.3, 0.4) is 0 Å². The van der Waals surface area contributed by atoms with Gasteiger partial charge in [0.25, 0.3) is 5.91 Å². The van der Waals surface area contributed by atoms with Crippen LogP contribution in [-0.4, -0.2) is 25.2 Å². The number of rotatable bonds is 1. The lowest BCUT2D eigenvalue weighted by Crippen LogP contribution is -2.41. The molecule has 2 heterocycles. The number of amides is 1. The van der Waals surface area contributed by atoms with Crippen LogP contribution in [0.4, 0.5) is 5.69 Å². The first kappa shape index (κ1) is 14.4. The first-order valence-corrected chi connectivity index (χ1v) is 8.41. The van der Waals surface area contributed by atoms with Crippen LogP contribution in [-0.2, 0) is 0 Å². The van der Waals surface area contributed by atoms with Crippen molar-refractivity contribution in [3.05, 3.63) is 70.2 Å². The van der Waals surface area contributed by atoms with Gasteiger partial charge in [-0.1, -0.05) is 30.3 Å². The standard InChI is InChI=1S/C19H15BrN2O/c20-17-7-3-1-6-16(17)19(23)22-12-13-11-21-10-9-14(13)15-5-2-4-8-18(15)22/h1-10,13H,11-12H2. The highest BCUT2D eigenvalue weighted by molar-refractivity contribution is 9.10. The second-order valence-corrected chi connectivity index (χ2v) is 6.60. The Hall–Kier alpha value is -2.20. The minimum absolute atomic E-state index is 0.0264. The number of anilines is 1. The quantitative estimate of drug-likeness (QED) is 0.744. The van der Waals surface area contributed by atoms with E-state index in [1.807, 2.05) is 53.6 Å². The van der Waals surface area contributed by atoms with Crippen molar-refractivity contribution in [2.45, 2.75) is 0 Å². The topological polar surface area (TPSA) is 32.7 Å².